The molecule has 0 bridgehead atoms. The van der Waals surface area contributed by atoms with Gasteiger partial charge in [-0.05, 0) is 83.9 Å². The van der Waals surface area contributed by atoms with Crippen molar-refractivity contribution in [1.82, 2.24) is 18.7 Å². The molecule has 0 spiro atoms. The van der Waals surface area contributed by atoms with Crippen molar-refractivity contribution in [1.29, 1.82) is 5.41 Å². The lowest BCUT2D eigenvalue weighted by Crippen LogP contribution is -2.16. The van der Waals surface area contributed by atoms with Crippen molar-refractivity contribution in [3.8, 4) is 39.6 Å². The summed E-state index contributed by atoms with van der Waals surface area (Å²) in [6, 6.07) is 81.7. The fourth-order valence-electron chi connectivity index (χ4n) is 9.34. The summed E-state index contributed by atoms with van der Waals surface area (Å²) in [5.74, 6) is 1.69. The van der Waals surface area contributed by atoms with Gasteiger partial charge in [-0.15, -0.1) is 0 Å². The normalized spacial score (nSPS) is 11.8. The summed E-state index contributed by atoms with van der Waals surface area (Å²) in [5, 5.41) is 15.8. The van der Waals surface area contributed by atoms with Crippen LogP contribution >= 0.6 is 0 Å². The number of rotatable bonds is 8. The van der Waals surface area contributed by atoms with E-state index >= 15 is 0 Å². The van der Waals surface area contributed by atoms with Gasteiger partial charge in [0.1, 0.15) is 17.2 Å². The van der Waals surface area contributed by atoms with E-state index in [-0.39, 0.29) is 5.84 Å². The number of hydrogen-bond acceptors (Lipinski definition) is 2. The molecule has 2 N–H and O–H groups in total. The van der Waals surface area contributed by atoms with Gasteiger partial charge in [0.2, 0.25) is 0 Å². The van der Waals surface area contributed by atoms with Crippen LogP contribution in [0.5, 0.6) is 0 Å². The van der Waals surface area contributed by atoms with Gasteiger partial charge in [-0.3, -0.25) is 14.5 Å². The van der Waals surface area contributed by atoms with E-state index in [0.29, 0.717) is 5.84 Å². The lowest BCUT2D eigenvalue weighted by Gasteiger charge is -2.13. The SMILES string of the molecule is N=C(N=C(Nc1ccccc1)c1cccc(-c2ccc(-n3c4ccccc4c4c3ccc3c5c(nc(-c6ccccc6)n5-c5ccccc5)n(-c5ccccc5)c34)cc2)c1)c1ccccc1. The van der Waals surface area contributed by atoms with Crippen molar-refractivity contribution in [2.45, 2.75) is 0 Å². The molecule has 0 saturated heterocycles. The first-order valence-corrected chi connectivity index (χ1v) is 22.1. The van der Waals surface area contributed by atoms with E-state index in [1.165, 1.54) is 10.8 Å². The van der Waals surface area contributed by atoms with Crippen LogP contribution in [0.4, 0.5) is 5.69 Å². The number of aromatic nitrogens is 4. The highest BCUT2D eigenvalue weighted by atomic mass is 15.2. The second-order valence-corrected chi connectivity index (χ2v) is 16.3. The van der Waals surface area contributed by atoms with E-state index in [0.717, 1.165) is 89.5 Å². The van der Waals surface area contributed by atoms with Gasteiger partial charge in [0, 0.05) is 55.6 Å². The highest BCUT2D eigenvalue weighted by Crippen LogP contribution is 2.44. The monoisotopic (exact) mass is 847 g/mol. The van der Waals surface area contributed by atoms with Gasteiger partial charge in [0.25, 0.3) is 0 Å². The van der Waals surface area contributed by atoms with Crippen LogP contribution in [-0.2, 0) is 0 Å². The van der Waals surface area contributed by atoms with Crippen molar-refractivity contribution >= 4 is 61.2 Å². The quantitative estimate of drug-likeness (QED) is 0.118. The van der Waals surface area contributed by atoms with Crippen LogP contribution < -0.4 is 5.32 Å². The fourth-order valence-corrected chi connectivity index (χ4v) is 9.34. The van der Waals surface area contributed by atoms with Crippen molar-refractivity contribution in [2.24, 2.45) is 4.99 Å². The third-order valence-corrected chi connectivity index (χ3v) is 12.3. The molecular weight excluding hydrogens is 807 g/mol. The molecule has 7 nitrogen and oxygen atoms in total. The maximum absolute atomic E-state index is 8.87. The number of aliphatic imine (C=N–C) groups is 1. The van der Waals surface area contributed by atoms with E-state index in [9.17, 15) is 0 Å². The smallest absolute Gasteiger partial charge is 0.165 e. The predicted molar refractivity (Wildman–Crippen MR) is 273 cm³/mol. The lowest BCUT2D eigenvalue weighted by molar-refractivity contribution is 1.10. The van der Waals surface area contributed by atoms with Crippen LogP contribution in [0.3, 0.4) is 0 Å². The molecule has 3 heterocycles. The molecule has 7 heteroatoms. The fraction of sp³-hybridized carbons (Fsp3) is 0. The molecule has 9 aromatic carbocycles. The van der Waals surface area contributed by atoms with E-state index in [2.05, 4.69) is 189 Å². The van der Waals surface area contributed by atoms with Crippen molar-refractivity contribution in [3.05, 3.63) is 248 Å². The zero-order chi connectivity index (χ0) is 44.0. The first-order valence-electron chi connectivity index (χ1n) is 22.1. The maximum atomic E-state index is 8.87. The van der Waals surface area contributed by atoms with Crippen molar-refractivity contribution in [2.75, 3.05) is 5.32 Å². The summed E-state index contributed by atoms with van der Waals surface area (Å²) >= 11 is 0. The van der Waals surface area contributed by atoms with Gasteiger partial charge in [-0.2, -0.15) is 0 Å². The molecule has 0 fully saturated rings. The molecule has 0 unspecified atom stereocenters. The van der Waals surface area contributed by atoms with E-state index in [4.69, 9.17) is 15.4 Å². The average Bonchev–Trinajstić information content (AvgIpc) is 4.05. The second-order valence-electron chi connectivity index (χ2n) is 16.3. The molecule has 0 atom stereocenters. The Morgan fingerprint density at radius 1 is 0.424 bits per heavy atom. The second kappa shape index (κ2) is 16.2. The number of para-hydroxylation sites is 4. The largest absolute Gasteiger partial charge is 0.340 e. The summed E-state index contributed by atoms with van der Waals surface area (Å²) < 4.78 is 7.07. The van der Waals surface area contributed by atoms with E-state index in [1.807, 2.05) is 66.7 Å². The maximum Gasteiger partial charge on any atom is 0.165 e. The molecule has 0 aliphatic carbocycles. The molecular formula is C59H41N7. The molecule has 312 valence electrons. The third kappa shape index (κ3) is 6.66. The Hall–Kier alpha value is -9.07. The van der Waals surface area contributed by atoms with E-state index < -0.39 is 0 Å². The first kappa shape index (κ1) is 38.6. The van der Waals surface area contributed by atoms with Crippen molar-refractivity contribution in [3.63, 3.8) is 0 Å². The third-order valence-electron chi connectivity index (χ3n) is 12.3. The Kier molecular flexibility index (Phi) is 9.50. The minimum atomic E-state index is 0.186. The van der Waals surface area contributed by atoms with Gasteiger partial charge in [0.05, 0.1) is 16.6 Å². The van der Waals surface area contributed by atoms with Gasteiger partial charge < -0.3 is 9.88 Å². The van der Waals surface area contributed by atoms with Gasteiger partial charge in [-0.1, -0.05) is 164 Å². The Balaban J connectivity index is 1.02. The number of benzene rings is 9. The van der Waals surface area contributed by atoms with Crippen LogP contribution in [0.2, 0.25) is 0 Å². The number of imidazole rings is 1. The number of anilines is 1. The minimum absolute atomic E-state index is 0.186. The molecule has 0 radical (unpaired) electrons. The Bertz CT molecular complexity index is 3760. The highest BCUT2D eigenvalue weighted by Gasteiger charge is 2.26. The summed E-state index contributed by atoms with van der Waals surface area (Å²) in [6.07, 6.45) is 0. The molecule has 0 amide bonds. The topological polar surface area (TPSA) is 75.9 Å². The summed E-state index contributed by atoms with van der Waals surface area (Å²) in [6.45, 7) is 0. The number of amidine groups is 2. The number of hydrogen-bond donors (Lipinski definition) is 2. The molecule has 12 aromatic rings. The minimum Gasteiger partial charge on any atom is -0.340 e. The number of nitrogens with zero attached hydrogens (tertiary/aromatic N) is 5. The van der Waals surface area contributed by atoms with E-state index in [1.54, 1.807) is 0 Å². The molecule has 3 aromatic heterocycles. The Morgan fingerprint density at radius 3 is 1.71 bits per heavy atom. The molecule has 0 aliphatic rings. The van der Waals surface area contributed by atoms with Gasteiger partial charge in [0.15, 0.2) is 11.5 Å². The van der Waals surface area contributed by atoms with Crippen LogP contribution in [0.1, 0.15) is 11.1 Å². The van der Waals surface area contributed by atoms with Crippen LogP contribution in [0, 0.1) is 5.41 Å². The molecule has 66 heavy (non-hydrogen) atoms. The van der Waals surface area contributed by atoms with Gasteiger partial charge in [-0.25, -0.2) is 9.98 Å². The highest BCUT2D eigenvalue weighted by molar-refractivity contribution is 6.26. The van der Waals surface area contributed by atoms with Crippen LogP contribution in [-0.4, -0.2) is 30.4 Å². The number of nitrogens with one attached hydrogen (secondary N) is 2. The first-order chi connectivity index (χ1) is 32.7. The molecule has 12 rings (SSSR count). The van der Waals surface area contributed by atoms with Crippen LogP contribution in [0.25, 0.3) is 83.4 Å². The zero-order valence-electron chi connectivity index (χ0n) is 35.8. The Labute approximate surface area is 381 Å². The average molecular weight is 848 g/mol. The summed E-state index contributed by atoms with van der Waals surface area (Å²) in [4.78, 5) is 10.4. The zero-order valence-corrected chi connectivity index (χ0v) is 35.8. The standard InChI is InChI=1S/C59H41N7/c60-56(41-19-6-1-7-20-41)62-57(61-45-25-10-3-11-26-45)44-24-18-23-43(39-44)40-33-35-48(36-34-40)64-51-32-17-16-31-49(51)53-52(64)38-37-50-54(53)65(46-27-12-4-13-28-46)59-55(50)66(47-29-14-5-15-30-47)58(63-59)42-21-8-2-9-22-42/h1-39H,(H2,60,61,62). The van der Waals surface area contributed by atoms with Gasteiger partial charge >= 0.3 is 0 Å². The summed E-state index contributed by atoms with van der Waals surface area (Å²) in [5.41, 5.74) is 14.2. The van der Waals surface area contributed by atoms with Crippen molar-refractivity contribution < 1.29 is 0 Å². The number of fused-ring (bicyclic) bond motifs is 7. The molecule has 0 saturated carbocycles. The molecule has 0 aliphatic heterocycles. The summed E-state index contributed by atoms with van der Waals surface area (Å²) in [7, 11) is 0. The Morgan fingerprint density at radius 2 is 1.00 bits per heavy atom. The lowest BCUT2D eigenvalue weighted by atomic mass is 10.0. The van der Waals surface area contributed by atoms with Crippen LogP contribution in [0.15, 0.2) is 242 Å². The predicted octanol–water partition coefficient (Wildman–Crippen LogP) is 14.3.